The van der Waals surface area contributed by atoms with Gasteiger partial charge in [0.15, 0.2) is 0 Å². The van der Waals surface area contributed by atoms with Crippen LogP contribution in [0.25, 0.3) is 0 Å². The minimum Gasteiger partial charge on any atom is -0.481 e. The maximum Gasteiger partial charge on any atom is 0.313 e. The molecule has 0 unspecified atom stereocenters. The molecule has 0 aromatic carbocycles. The molecule has 4 amide bonds. The lowest BCUT2D eigenvalue weighted by molar-refractivity contribution is -0.141. The zero-order valence-corrected chi connectivity index (χ0v) is 20.9. The highest BCUT2D eigenvalue weighted by atomic mass is 32.2. The predicted octanol–water partition coefficient (Wildman–Crippen LogP) is -0.230. The number of hydrogen-bond donors (Lipinski definition) is 4. The number of carboxylic acids is 1. The topological polar surface area (TPSA) is 185 Å². The smallest absolute Gasteiger partial charge is 0.313 e. The fourth-order valence-corrected chi connectivity index (χ4v) is 4.81. The molecule has 14 heteroatoms. The monoisotopic (exact) mass is 514 g/mol. The van der Waals surface area contributed by atoms with Crippen LogP contribution in [0.2, 0.25) is 0 Å². The lowest BCUT2D eigenvalue weighted by Gasteiger charge is -2.39. The van der Waals surface area contributed by atoms with Gasteiger partial charge in [-0.1, -0.05) is 18.3 Å². The van der Waals surface area contributed by atoms with Crippen molar-refractivity contribution in [2.45, 2.75) is 58.2 Å². The van der Waals surface area contributed by atoms with Crippen LogP contribution in [0.15, 0.2) is 0 Å². The van der Waals surface area contributed by atoms with E-state index in [1.54, 1.807) is 6.92 Å². The van der Waals surface area contributed by atoms with Crippen LogP contribution in [0.4, 0.5) is 0 Å². The second-order valence-electron chi connectivity index (χ2n) is 8.46. The zero-order chi connectivity index (χ0) is 25.4. The number of aryl methyl sites for hydroxylation is 1. The summed E-state index contributed by atoms with van der Waals surface area (Å²) in [5.74, 6) is -3.26. The highest BCUT2D eigenvalue weighted by molar-refractivity contribution is 8.00. The minimum atomic E-state index is -1.04. The van der Waals surface area contributed by atoms with Crippen molar-refractivity contribution in [2.24, 2.45) is 11.7 Å². The third-order valence-electron chi connectivity index (χ3n) is 5.24. The number of rotatable bonds is 11. The fraction of sp³-hybridized carbons (Fsp3) is 0.650. The second-order valence-corrected chi connectivity index (χ2v) is 10.2. The van der Waals surface area contributed by atoms with Crippen molar-refractivity contribution in [1.29, 1.82) is 0 Å². The molecule has 3 atom stereocenters. The number of piperidine rings is 1. The molecule has 0 aliphatic carbocycles. The normalized spacial score (nSPS) is 18.9. The molecule has 34 heavy (non-hydrogen) atoms. The van der Waals surface area contributed by atoms with Crippen LogP contribution in [-0.4, -0.2) is 85.4 Å². The van der Waals surface area contributed by atoms with Crippen molar-refractivity contribution < 1.29 is 29.1 Å². The maximum atomic E-state index is 13.2. The molecule has 1 fully saturated rings. The largest absolute Gasteiger partial charge is 0.481 e. The Morgan fingerprint density at radius 3 is 2.53 bits per heavy atom. The quantitative estimate of drug-likeness (QED) is 0.309. The van der Waals surface area contributed by atoms with Crippen LogP contribution in [0.1, 0.15) is 48.5 Å². The van der Waals surface area contributed by atoms with Gasteiger partial charge in [0.25, 0.3) is 5.91 Å². The van der Waals surface area contributed by atoms with E-state index >= 15 is 0 Å². The molecule has 2 rings (SSSR count). The number of primary amides is 1. The van der Waals surface area contributed by atoms with Gasteiger partial charge >= 0.3 is 5.97 Å². The first-order valence-electron chi connectivity index (χ1n) is 10.8. The molecule has 0 radical (unpaired) electrons. The molecule has 12 nitrogen and oxygen atoms in total. The number of thioether (sulfide) groups is 1. The Morgan fingerprint density at radius 1 is 1.26 bits per heavy atom. The average Bonchev–Trinajstić information content (AvgIpc) is 3.18. The van der Waals surface area contributed by atoms with Crippen molar-refractivity contribution in [3.05, 3.63) is 10.6 Å². The molecule has 1 aliphatic heterocycles. The Balaban J connectivity index is 2.15. The van der Waals surface area contributed by atoms with Gasteiger partial charge in [-0.05, 0) is 43.6 Å². The third kappa shape index (κ3) is 7.94. The molecular weight excluding hydrogens is 484 g/mol. The summed E-state index contributed by atoms with van der Waals surface area (Å²) in [7, 11) is 0. The fourth-order valence-electron chi connectivity index (χ4n) is 3.63. The first kappa shape index (κ1) is 27.5. The molecule has 1 aromatic heterocycles. The van der Waals surface area contributed by atoms with E-state index in [4.69, 9.17) is 10.8 Å². The van der Waals surface area contributed by atoms with Gasteiger partial charge in [0.2, 0.25) is 17.7 Å². The molecule has 0 bridgehead atoms. The number of carbonyl (C=O) groups is 5. The van der Waals surface area contributed by atoms with Gasteiger partial charge < -0.3 is 26.4 Å². The van der Waals surface area contributed by atoms with Crippen molar-refractivity contribution in [3.8, 4) is 0 Å². The maximum absolute atomic E-state index is 13.2. The average molecular weight is 515 g/mol. The molecule has 0 saturated carbocycles. The van der Waals surface area contributed by atoms with E-state index < -0.39 is 41.8 Å². The van der Waals surface area contributed by atoms with E-state index in [0.717, 1.165) is 23.3 Å². The molecule has 1 aromatic rings. The van der Waals surface area contributed by atoms with Crippen molar-refractivity contribution >= 4 is 52.9 Å². The summed E-state index contributed by atoms with van der Waals surface area (Å²) in [6.45, 7) is 5.63. The SMILES string of the molecule is Cc1nnsc1C(=O)N[C@H]1CCN(C(=O)CSCC(=O)O)[C@H](C(=O)N[C@H](CC(C)C)C(N)=O)C1. The number of carboxylic acid groups (broad SMARTS) is 1. The number of likely N-dealkylation sites (tertiary alicyclic amines) is 1. The van der Waals surface area contributed by atoms with Crippen LogP contribution in [0, 0.1) is 12.8 Å². The number of hydrogen-bond acceptors (Lipinski definition) is 9. The second kappa shape index (κ2) is 12.6. The van der Waals surface area contributed by atoms with E-state index in [-0.39, 0.29) is 36.3 Å². The van der Waals surface area contributed by atoms with Crippen molar-refractivity contribution in [2.75, 3.05) is 18.1 Å². The van der Waals surface area contributed by atoms with E-state index in [1.165, 1.54) is 4.90 Å². The first-order chi connectivity index (χ1) is 16.0. The van der Waals surface area contributed by atoms with Crippen LogP contribution in [0.3, 0.4) is 0 Å². The number of nitrogens with zero attached hydrogens (tertiary/aromatic N) is 3. The van der Waals surface area contributed by atoms with Crippen LogP contribution >= 0.6 is 23.3 Å². The summed E-state index contributed by atoms with van der Waals surface area (Å²) in [4.78, 5) is 62.9. The van der Waals surface area contributed by atoms with Crippen LogP contribution in [-0.2, 0) is 19.2 Å². The standard InChI is InChI=1S/C20H30N6O6S2/c1-10(2)6-13(18(21)30)23-19(31)14-7-12(22-20(32)17-11(3)24-25-34-17)4-5-26(14)15(27)8-33-9-16(28)29/h10,12-14H,4-9H2,1-3H3,(H2,21,30)(H,22,32)(H,23,31)(H,28,29)/t12-,13+,14-/m0/s1. The summed E-state index contributed by atoms with van der Waals surface area (Å²) >= 11 is 1.90. The van der Waals surface area contributed by atoms with Crippen LogP contribution < -0.4 is 16.4 Å². The van der Waals surface area contributed by atoms with Gasteiger partial charge in [-0.15, -0.1) is 16.9 Å². The van der Waals surface area contributed by atoms with Gasteiger partial charge in [0.1, 0.15) is 17.0 Å². The molecule has 1 aliphatic rings. The van der Waals surface area contributed by atoms with Crippen LogP contribution in [0.5, 0.6) is 0 Å². The molecule has 188 valence electrons. The first-order valence-corrected chi connectivity index (χ1v) is 12.7. The Morgan fingerprint density at radius 2 is 1.97 bits per heavy atom. The van der Waals surface area contributed by atoms with E-state index in [0.29, 0.717) is 23.4 Å². The number of aromatic nitrogens is 2. The van der Waals surface area contributed by atoms with Crippen molar-refractivity contribution in [3.63, 3.8) is 0 Å². The van der Waals surface area contributed by atoms with Crippen molar-refractivity contribution in [1.82, 2.24) is 25.1 Å². The molecular formula is C20H30N6O6S2. The molecule has 5 N–H and O–H groups in total. The Hall–Kier alpha value is -2.74. The zero-order valence-electron chi connectivity index (χ0n) is 19.3. The number of amides is 4. The van der Waals surface area contributed by atoms with Gasteiger partial charge in [0, 0.05) is 12.6 Å². The lowest BCUT2D eigenvalue weighted by atomic mass is 9.95. The Kier molecular flexibility index (Phi) is 10.2. The number of carbonyl (C=O) groups excluding carboxylic acids is 4. The van der Waals surface area contributed by atoms with Gasteiger partial charge in [-0.3, -0.25) is 24.0 Å². The summed E-state index contributed by atoms with van der Waals surface area (Å²) in [5, 5.41) is 18.2. The summed E-state index contributed by atoms with van der Waals surface area (Å²) in [6.07, 6.45) is 0.876. The summed E-state index contributed by atoms with van der Waals surface area (Å²) < 4.78 is 3.75. The van der Waals surface area contributed by atoms with E-state index in [1.807, 2.05) is 13.8 Å². The molecule has 2 heterocycles. The highest BCUT2D eigenvalue weighted by Gasteiger charge is 2.38. The minimum absolute atomic E-state index is 0.0950. The highest BCUT2D eigenvalue weighted by Crippen LogP contribution is 2.21. The van der Waals surface area contributed by atoms with E-state index in [9.17, 15) is 24.0 Å². The Bertz CT molecular complexity index is 923. The lowest BCUT2D eigenvalue weighted by Crippen LogP contribution is -2.60. The molecule has 0 spiro atoms. The number of nitrogens with one attached hydrogen (secondary N) is 2. The summed E-state index contributed by atoms with van der Waals surface area (Å²) in [5.41, 5.74) is 5.95. The van der Waals surface area contributed by atoms with Gasteiger partial charge in [-0.2, -0.15) is 0 Å². The number of aliphatic carboxylic acids is 1. The predicted molar refractivity (Wildman–Crippen MR) is 126 cm³/mol. The third-order valence-corrected chi connectivity index (χ3v) is 6.97. The van der Waals surface area contributed by atoms with Gasteiger partial charge in [0.05, 0.1) is 17.2 Å². The Labute approximate surface area is 205 Å². The summed E-state index contributed by atoms with van der Waals surface area (Å²) in [6, 6.07) is -2.25. The molecule has 1 saturated heterocycles. The van der Waals surface area contributed by atoms with E-state index in [2.05, 4.69) is 20.2 Å². The number of nitrogens with two attached hydrogens (primary N) is 1. The van der Waals surface area contributed by atoms with Gasteiger partial charge in [-0.25, -0.2) is 0 Å².